The number of hydrogen-bond acceptors (Lipinski definition) is 8. The van der Waals surface area contributed by atoms with Crippen LogP contribution in [0.1, 0.15) is 11.3 Å². The Morgan fingerprint density at radius 3 is 2.90 bits per heavy atom. The Morgan fingerprint density at radius 2 is 2.20 bits per heavy atom. The zero-order valence-electron chi connectivity index (χ0n) is 16.1. The summed E-state index contributed by atoms with van der Waals surface area (Å²) in [4.78, 5) is 26.3. The number of amides is 2. The zero-order valence-corrected chi connectivity index (χ0v) is 17.8. The molecule has 1 saturated heterocycles. The highest BCUT2D eigenvalue weighted by Crippen LogP contribution is 2.35. The van der Waals surface area contributed by atoms with E-state index in [9.17, 15) is 9.59 Å². The van der Waals surface area contributed by atoms with Crippen molar-refractivity contribution >= 4 is 46.2 Å². The molecule has 0 aliphatic carbocycles. The summed E-state index contributed by atoms with van der Waals surface area (Å²) in [6.45, 7) is 0.0957. The van der Waals surface area contributed by atoms with Crippen LogP contribution in [0.15, 0.2) is 45.9 Å². The van der Waals surface area contributed by atoms with Crippen molar-refractivity contribution in [2.75, 3.05) is 26.9 Å². The Bertz CT molecular complexity index is 958. The fourth-order valence-electron chi connectivity index (χ4n) is 2.63. The second-order valence-corrected chi connectivity index (χ2v) is 7.80. The fourth-order valence-corrected chi connectivity index (χ4v) is 3.88. The van der Waals surface area contributed by atoms with Gasteiger partial charge in [0, 0.05) is 6.54 Å². The number of nitrogens with one attached hydrogen (secondary N) is 1. The average molecular weight is 449 g/mol. The quantitative estimate of drug-likeness (QED) is 0.445. The van der Waals surface area contributed by atoms with E-state index in [0.717, 1.165) is 5.56 Å². The molecule has 10 heteroatoms. The molecule has 0 unspecified atom stereocenters. The molecule has 0 bridgehead atoms. The van der Waals surface area contributed by atoms with Crippen LogP contribution in [0, 0.1) is 0 Å². The van der Waals surface area contributed by atoms with Crippen molar-refractivity contribution in [3.8, 4) is 11.5 Å². The molecule has 158 valence electrons. The highest BCUT2D eigenvalue weighted by atomic mass is 32.2. The maximum Gasteiger partial charge on any atom is 0.266 e. The minimum Gasteiger partial charge on any atom is -0.493 e. The Labute approximate surface area is 182 Å². The molecule has 1 fully saturated rings. The van der Waals surface area contributed by atoms with E-state index in [1.807, 2.05) is 0 Å². The number of benzene rings is 1. The van der Waals surface area contributed by atoms with Crippen molar-refractivity contribution in [2.45, 2.75) is 6.54 Å². The van der Waals surface area contributed by atoms with E-state index >= 15 is 0 Å². The summed E-state index contributed by atoms with van der Waals surface area (Å²) in [5.41, 5.74) is 0.724. The third-order valence-electron chi connectivity index (χ3n) is 4.05. The molecule has 2 N–H and O–H groups in total. The number of thioether (sulfide) groups is 1. The first-order chi connectivity index (χ1) is 14.5. The van der Waals surface area contributed by atoms with Crippen LogP contribution in [0.4, 0.5) is 0 Å². The first-order valence-electron chi connectivity index (χ1n) is 8.98. The molecule has 3 rings (SSSR count). The van der Waals surface area contributed by atoms with Gasteiger partial charge in [-0.15, -0.1) is 0 Å². The summed E-state index contributed by atoms with van der Waals surface area (Å²) in [5.74, 6) is 0.916. The topological polar surface area (TPSA) is 101 Å². The van der Waals surface area contributed by atoms with Crippen LogP contribution in [0.2, 0.25) is 0 Å². The van der Waals surface area contributed by atoms with Gasteiger partial charge in [-0.1, -0.05) is 30.0 Å². The van der Waals surface area contributed by atoms with Gasteiger partial charge in [0.1, 0.15) is 10.1 Å². The van der Waals surface area contributed by atoms with E-state index < -0.39 is 0 Å². The smallest absolute Gasteiger partial charge is 0.266 e. The van der Waals surface area contributed by atoms with Gasteiger partial charge < -0.3 is 24.3 Å². The Balaban J connectivity index is 1.70. The van der Waals surface area contributed by atoms with Crippen LogP contribution in [-0.4, -0.2) is 53.0 Å². The minimum absolute atomic E-state index is 0.141. The fraction of sp³-hybridized carbons (Fsp3) is 0.250. The Morgan fingerprint density at radius 1 is 1.37 bits per heavy atom. The molecular weight excluding hydrogens is 428 g/mol. The van der Waals surface area contributed by atoms with Crippen molar-refractivity contribution < 1.29 is 28.6 Å². The van der Waals surface area contributed by atoms with Gasteiger partial charge in [-0.2, -0.15) is 0 Å². The summed E-state index contributed by atoms with van der Waals surface area (Å²) in [5, 5.41) is 11.2. The number of furan rings is 1. The normalized spacial score (nSPS) is 15.0. The van der Waals surface area contributed by atoms with Gasteiger partial charge in [0.15, 0.2) is 18.1 Å². The largest absolute Gasteiger partial charge is 0.493 e. The van der Waals surface area contributed by atoms with E-state index in [2.05, 4.69) is 5.32 Å². The van der Waals surface area contributed by atoms with Crippen molar-refractivity contribution in [1.29, 1.82) is 0 Å². The monoisotopic (exact) mass is 448 g/mol. The highest BCUT2D eigenvalue weighted by molar-refractivity contribution is 8.26. The van der Waals surface area contributed by atoms with Crippen LogP contribution in [0.25, 0.3) is 6.08 Å². The van der Waals surface area contributed by atoms with Crippen LogP contribution in [-0.2, 0) is 16.1 Å². The first kappa shape index (κ1) is 21.9. The second-order valence-electron chi connectivity index (χ2n) is 6.12. The highest BCUT2D eigenvalue weighted by Gasteiger charge is 2.32. The number of hydrogen-bond donors (Lipinski definition) is 2. The number of thiocarbonyl (C=S) groups is 1. The van der Waals surface area contributed by atoms with E-state index in [1.54, 1.807) is 42.7 Å². The number of methoxy groups -OCH3 is 1. The van der Waals surface area contributed by atoms with E-state index in [-0.39, 0.29) is 38.1 Å². The summed E-state index contributed by atoms with van der Waals surface area (Å²) < 4.78 is 16.6. The molecular formula is C20H20N2O6S2. The van der Waals surface area contributed by atoms with Crippen molar-refractivity contribution in [2.24, 2.45) is 0 Å². The molecule has 1 aliphatic rings. The maximum absolute atomic E-state index is 12.7. The van der Waals surface area contributed by atoms with Crippen molar-refractivity contribution in [3.05, 3.63) is 52.8 Å². The predicted octanol–water partition coefficient (Wildman–Crippen LogP) is 2.18. The van der Waals surface area contributed by atoms with Crippen LogP contribution in [0.5, 0.6) is 11.5 Å². The number of rotatable bonds is 9. The molecule has 1 aromatic carbocycles. The number of aliphatic hydroxyl groups is 1. The van der Waals surface area contributed by atoms with Crippen LogP contribution in [0.3, 0.4) is 0 Å². The molecule has 0 atom stereocenters. The summed E-state index contributed by atoms with van der Waals surface area (Å²) in [6, 6.07) is 8.67. The molecule has 0 saturated carbocycles. The Hall–Kier alpha value is -2.82. The number of carbonyl (C=O) groups excluding carboxylic acids is 2. The third-order valence-corrected chi connectivity index (χ3v) is 5.42. The molecule has 2 aromatic rings. The summed E-state index contributed by atoms with van der Waals surface area (Å²) in [7, 11) is 1.49. The van der Waals surface area contributed by atoms with Gasteiger partial charge in [0.25, 0.3) is 11.8 Å². The lowest BCUT2D eigenvalue weighted by molar-refractivity contribution is -0.123. The maximum atomic E-state index is 12.7. The lowest BCUT2D eigenvalue weighted by Crippen LogP contribution is -2.31. The van der Waals surface area contributed by atoms with Gasteiger partial charge in [-0.25, -0.2) is 0 Å². The molecule has 8 nitrogen and oxygen atoms in total. The van der Waals surface area contributed by atoms with Gasteiger partial charge in [0.05, 0.1) is 31.4 Å². The molecule has 2 amide bonds. The van der Waals surface area contributed by atoms with Gasteiger partial charge in [-0.05, 0) is 35.9 Å². The van der Waals surface area contributed by atoms with Gasteiger partial charge >= 0.3 is 0 Å². The molecule has 30 heavy (non-hydrogen) atoms. The molecule has 1 aromatic heterocycles. The molecule has 0 radical (unpaired) electrons. The number of ether oxygens (including phenoxy) is 2. The Kier molecular flexibility index (Phi) is 7.50. The van der Waals surface area contributed by atoms with Crippen molar-refractivity contribution in [1.82, 2.24) is 10.2 Å². The molecule has 1 aliphatic heterocycles. The standard InChI is InChI=1S/C20H20N2O6S2/c1-26-16-9-13(4-5-15(16)28-12-18(24)21-6-7-23)10-17-19(25)22(20(29)30-17)11-14-3-2-8-27-14/h2-5,8-10,23H,6-7,11-12H2,1H3,(H,21,24)/b17-10-. The molecule has 0 spiro atoms. The number of nitrogens with zero attached hydrogens (tertiary/aromatic N) is 1. The lowest BCUT2D eigenvalue weighted by Gasteiger charge is -2.12. The van der Waals surface area contributed by atoms with Crippen molar-refractivity contribution in [3.63, 3.8) is 0 Å². The SMILES string of the molecule is COc1cc(/C=C2\SC(=S)N(Cc3ccco3)C2=O)ccc1OCC(=O)NCCO. The number of carbonyl (C=O) groups is 2. The number of aliphatic hydroxyl groups excluding tert-OH is 1. The van der Waals surface area contributed by atoms with E-state index in [4.69, 9.17) is 31.2 Å². The third kappa shape index (κ3) is 5.41. The zero-order chi connectivity index (χ0) is 21.5. The molecule has 2 heterocycles. The first-order valence-corrected chi connectivity index (χ1v) is 10.2. The van der Waals surface area contributed by atoms with Gasteiger partial charge in [-0.3, -0.25) is 14.5 Å². The summed E-state index contributed by atoms with van der Waals surface area (Å²) >= 11 is 6.55. The van der Waals surface area contributed by atoms with Crippen LogP contribution < -0.4 is 14.8 Å². The second kappa shape index (κ2) is 10.3. The minimum atomic E-state index is -0.351. The summed E-state index contributed by atoms with van der Waals surface area (Å²) in [6.07, 6.45) is 3.27. The van der Waals surface area contributed by atoms with E-state index in [1.165, 1.54) is 23.8 Å². The van der Waals surface area contributed by atoms with Crippen LogP contribution >= 0.6 is 24.0 Å². The average Bonchev–Trinajstić information content (AvgIpc) is 3.35. The predicted molar refractivity (Wildman–Crippen MR) is 116 cm³/mol. The van der Waals surface area contributed by atoms with E-state index in [0.29, 0.717) is 26.5 Å². The van der Waals surface area contributed by atoms with Gasteiger partial charge in [0.2, 0.25) is 0 Å². The lowest BCUT2D eigenvalue weighted by atomic mass is 10.2.